The van der Waals surface area contributed by atoms with Gasteiger partial charge in [0.05, 0.1) is 16.9 Å². The van der Waals surface area contributed by atoms with Crippen LogP contribution in [0.15, 0.2) is 94.5 Å². The molecule has 0 fully saturated rings. The number of aromatic hydroxyl groups is 1. The number of para-hydroxylation sites is 1. The Kier molecular flexibility index (Phi) is 4.34. The summed E-state index contributed by atoms with van der Waals surface area (Å²) in [6.45, 7) is 0. The van der Waals surface area contributed by atoms with E-state index in [1.165, 1.54) is 0 Å². The number of aromatic nitrogens is 3. The maximum atomic E-state index is 10.8. The summed E-state index contributed by atoms with van der Waals surface area (Å²) in [6, 6.07) is 24.6. The van der Waals surface area contributed by atoms with Crippen LogP contribution in [0.5, 0.6) is 5.75 Å². The van der Waals surface area contributed by atoms with Gasteiger partial charge in [0, 0.05) is 10.4 Å². The average molecular weight is 397 g/mol. The van der Waals surface area contributed by atoms with Gasteiger partial charge in [0.2, 0.25) is 0 Å². The molecule has 5 rings (SSSR count). The third-order valence-electron chi connectivity index (χ3n) is 4.49. The van der Waals surface area contributed by atoms with Gasteiger partial charge in [0.15, 0.2) is 0 Å². The van der Waals surface area contributed by atoms with Crippen molar-refractivity contribution in [3.8, 4) is 21.9 Å². The zero-order valence-corrected chi connectivity index (χ0v) is 16.0. The number of phenolic OH excluding ortho intramolecular Hbond substituents is 1. The Morgan fingerprint density at radius 2 is 1.69 bits per heavy atom. The molecule has 0 saturated heterocycles. The Morgan fingerprint density at radius 1 is 0.862 bits per heavy atom. The van der Waals surface area contributed by atoms with Crippen molar-refractivity contribution in [2.45, 2.75) is 0 Å². The fraction of sp³-hybridized carbons (Fsp3) is 0. The maximum Gasteiger partial charge on any atom is 0.142 e. The van der Waals surface area contributed by atoms with E-state index in [9.17, 15) is 5.11 Å². The second kappa shape index (κ2) is 7.29. The molecule has 7 heteroatoms. The highest BCUT2D eigenvalue weighted by molar-refractivity contribution is 7.13. The lowest BCUT2D eigenvalue weighted by Crippen LogP contribution is -1.97. The van der Waals surface area contributed by atoms with Crippen LogP contribution in [0, 0.1) is 0 Å². The molecule has 0 spiro atoms. The van der Waals surface area contributed by atoms with Gasteiger partial charge in [-0.15, -0.1) is 21.5 Å². The molecule has 6 nitrogen and oxygen atoms in total. The Bertz CT molecular complexity index is 1310. The van der Waals surface area contributed by atoms with E-state index in [0.29, 0.717) is 11.4 Å². The summed E-state index contributed by atoms with van der Waals surface area (Å²) < 4.78 is 1.62. The molecule has 140 valence electrons. The minimum Gasteiger partial charge on any atom is -0.506 e. The number of nitrogens with zero attached hydrogens (tertiary/aromatic N) is 5. The molecule has 0 atom stereocenters. The van der Waals surface area contributed by atoms with Gasteiger partial charge in [-0.05, 0) is 47.8 Å². The Labute approximate surface area is 170 Å². The number of benzene rings is 3. The van der Waals surface area contributed by atoms with E-state index < -0.39 is 0 Å². The van der Waals surface area contributed by atoms with E-state index in [-0.39, 0.29) is 5.75 Å². The van der Waals surface area contributed by atoms with Crippen LogP contribution in [-0.2, 0) is 0 Å². The molecule has 0 radical (unpaired) electrons. The van der Waals surface area contributed by atoms with Crippen LogP contribution in [0.25, 0.3) is 27.2 Å². The van der Waals surface area contributed by atoms with Crippen LogP contribution in [-0.4, -0.2) is 20.1 Å². The van der Waals surface area contributed by atoms with Crippen molar-refractivity contribution in [2.75, 3.05) is 0 Å². The number of phenols is 1. The van der Waals surface area contributed by atoms with Gasteiger partial charge in [-0.25, -0.2) is 4.68 Å². The van der Waals surface area contributed by atoms with Gasteiger partial charge in [0.1, 0.15) is 17.0 Å². The molecule has 0 bridgehead atoms. The van der Waals surface area contributed by atoms with Crippen molar-refractivity contribution in [3.05, 3.63) is 84.2 Å². The molecule has 2 heterocycles. The molecular formula is C22H15N5OS. The summed E-state index contributed by atoms with van der Waals surface area (Å²) in [6.07, 6.45) is 0. The number of hydrogen-bond acceptors (Lipinski definition) is 6. The second-order valence-corrected chi connectivity index (χ2v) is 7.31. The molecule has 0 amide bonds. The molecule has 0 saturated carbocycles. The quantitative estimate of drug-likeness (QED) is 0.363. The first-order valence-electron chi connectivity index (χ1n) is 8.98. The maximum absolute atomic E-state index is 10.8. The fourth-order valence-corrected chi connectivity index (χ4v) is 3.85. The molecule has 0 aliphatic carbocycles. The summed E-state index contributed by atoms with van der Waals surface area (Å²) >= 11 is 1.58. The van der Waals surface area contributed by atoms with Crippen LogP contribution < -0.4 is 0 Å². The number of azo groups is 1. The Hall–Kier alpha value is -3.84. The molecule has 0 aliphatic rings. The lowest BCUT2D eigenvalue weighted by atomic mass is 10.1. The lowest BCUT2D eigenvalue weighted by molar-refractivity contribution is 0.470. The van der Waals surface area contributed by atoms with Gasteiger partial charge in [-0.3, -0.25) is 0 Å². The summed E-state index contributed by atoms with van der Waals surface area (Å²) in [5.41, 5.74) is 4.26. The van der Waals surface area contributed by atoms with Crippen LogP contribution >= 0.6 is 11.3 Å². The summed E-state index contributed by atoms with van der Waals surface area (Å²) in [5, 5.41) is 30.0. The average Bonchev–Trinajstić information content (AvgIpc) is 3.44. The third kappa shape index (κ3) is 3.28. The lowest BCUT2D eigenvalue weighted by Gasteiger charge is -2.10. The molecule has 0 aliphatic heterocycles. The Balaban J connectivity index is 1.68. The van der Waals surface area contributed by atoms with Crippen molar-refractivity contribution in [1.29, 1.82) is 0 Å². The molecule has 2 aromatic heterocycles. The first-order valence-corrected chi connectivity index (χ1v) is 9.86. The highest BCUT2D eigenvalue weighted by atomic mass is 32.1. The van der Waals surface area contributed by atoms with E-state index in [1.54, 1.807) is 28.2 Å². The molecule has 5 aromatic rings. The predicted octanol–water partition coefficient (Wildman–Crippen LogP) is 6.27. The standard InChI is InChI=1S/C22H15N5OS/c28-21-13-16(22-11-6-12-29-22)18(24-23-15-7-2-1-3-8-15)14-20(21)27-19-10-5-4-9-17(19)25-26-27/h1-14,28H. The van der Waals surface area contributed by atoms with E-state index in [0.717, 1.165) is 27.2 Å². The first-order chi connectivity index (χ1) is 14.3. The van der Waals surface area contributed by atoms with Crippen LogP contribution in [0.1, 0.15) is 0 Å². The SMILES string of the molecule is Oc1cc(-c2cccs2)c(N=Nc2ccccc2)cc1-n1nnc2ccccc21. The topological polar surface area (TPSA) is 75.7 Å². The zero-order valence-electron chi connectivity index (χ0n) is 15.2. The van der Waals surface area contributed by atoms with E-state index >= 15 is 0 Å². The molecule has 29 heavy (non-hydrogen) atoms. The summed E-state index contributed by atoms with van der Waals surface area (Å²) in [7, 11) is 0. The van der Waals surface area contributed by atoms with Gasteiger partial charge < -0.3 is 5.11 Å². The van der Waals surface area contributed by atoms with Crippen LogP contribution in [0.3, 0.4) is 0 Å². The normalized spacial score (nSPS) is 11.4. The number of thiophene rings is 1. The molecule has 3 aromatic carbocycles. The monoisotopic (exact) mass is 397 g/mol. The van der Waals surface area contributed by atoms with E-state index in [4.69, 9.17) is 0 Å². The highest BCUT2D eigenvalue weighted by Crippen LogP contribution is 2.40. The number of hydrogen-bond donors (Lipinski definition) is 1. The van der Waals surface area contributed by atoms with Crippen LogP contribution in [0.2, 0.25) is 0 Å². The molecule has 1 N–H and O–H groups in total. The smallest absolute Gasteiger partial charge is 0.142 e. The van der Waals surface area contributed by atoms with Crippen molar-refractivity contribution < 1.29 is 5.11 Å². The Morgan fingerprint density at radius 3 is 2.52 bits per heavy atom. The summed E-state index contributed by atoms with van der Waals surface area (Å²) in [5.74, 6) is 0.0997. The number of fused-ring (bicyclic) bond motifs is 1. The number of rotatable bonds is 4. The largest absolute Gasteiger partial charge is 0.506 e. The molecular weight excluding hydrogens is 382 g/mol. The van der Waals surface area contributed by atoms with Gasteiger partial charge in [-0.1, -0.05) is 41.6 Å². The van der Waals surface area contributed by atoms with Crippen molar-refractivity contribution in [3.63, 3.8) is 0 Å². The second-order valence-electron chi connectivity index (χ2n) is 6.36. The van der Waals surface area contributed by atoms with Crippen molar-refractivity contribution >= 4 is 33.7 Å². The third-order valence-corrected chi connectivity index (χ3v) is 5.39. The predicted molar refractivity (Wildman–Crippen MR) is 114 cm³/mol. The van der Waals surface area contributed by atoms with Gasteiger partial charge in [0.25, 0.3) is 0 Å². The van der Waals surface area contributed by atoms with E-state index in [1.807, 2.05) is 72.1 Å². The zero-order chi connectivity index (χ0) is 19.6. The highest BCUT2D eigenvalue weighted by Gasteiger charge is 2.16. The first kappa shape index (κ1) is 17.3. The van der Waals surface area contributed by atoms with Gasteiger partial charge in [-0.2, -0.15) is 5.11 Å². The molecule has 0 unspecified atom stereocenters. The van der Waals surface area contributed by atoms with Crippen molar-refractivity contribution in [1.82, 2.24) is 15.0 Å². The van der Waals surface area contributed by atoms with Gasteiger partial charge >= 0.3 is 0 Å². The van der Waals surface area contributed by atoms with Crippen LogP contribution in [0.4, 0.5) is 11.4 Å². The minimum absolute atomic E-state index is 0.0997. The fourth-order valence-electron chi connectivity index (χ4n) is 3.10. The summed E-state index contributed by atoms with van der Waals surface area (Å²) in [4.78, 5) is 0.998. The van der Waals surface area contributed by atoms with E-state index in [2.05, 4.69) is 20.5 Å². The van der Waals surface area contributed by atoms with Crippen molar-refractivity contribution in [2.24, 2.45) is 10.2 Å². The minimum atomic E-state index is 0.0997.